The Labute approximate surface area is 155 Å². The van der Waals surface area contributed by atoms with E-state index in [1.807, 2.05) is 13.8 Å². The largest absolute Gasteiger partial charge is 0.504 e. The number of carbonyl (C=O) groups excluding carboxylic acids is 1. The van der Waals surface area contributed by atoms with Gasteiger partial charge in [-0.05, 0) is 26.0 Å². The summed E-state index contributed by atoms with van der Waals surface area (Å²) in [7, 11) is 1.27. The monoisotopic (exact) mass is 373 g/mol. The Morgan fingerprint density at radius 3 is 2.63 bits per heavy atom. The molecule has 0 aliphatic rings. The maximum atomic E-state index is 12.3. The van der Waals surface area contributed by atoms with E-state index in [1.54, 1.807) is 24.3 Å². The van der Waals surface area contributed by atoms with Crippen molar-refractivity contribution in [3.05, 3.63) is 57.6 Å². The Morgan fingerprint density at radius 1 is 1.30 bits per heavy atom. The number of hydrazone groups is 1. The lowest BCUT2D eigenvalue weighted by atomic mass is 10.1. The maximum absolute atomic E-state index is 12.3. The molecule has 0 aliphatic carbocycles. The maximum Gasteiger partial charge on any atom is 0.275 e. The average Bonchev–Trinajstić information content (AvgIpc) is 2.62. The summed E-state index contributed by atoms with van der Waals surface area (Å²) in [4.78, 5) is 22.7. The normalized spacial score (nSPS) is 10.8. The molecule has 0 unspecified atom stereocenters. The molecule has 142 valence electrons. The number of benzene rings is 2. The van der Waals surface area contributed by atoms with Crippen molar-refractivity contribution in [2.45, 2.75) is 20.0 Å². The molecule has 9 nitrogen and oxygen atoms in total. The Bertz CT molecular complexity index is 879. The van der Waals surface area contributed by atoms with Crippen molar-refractivity contribution in [3.8, 4) is 17.2 Å². The fourth-order valence-electron chi connectivity index (χ4n) is 2.21. The zero-order valence-corrected chi connectivity index (χ0v) is 15.0. The zero-order chi connectivity index (χ0) is 20.0. The van der Waals surface area contributed by atoms with Crippen LogP contribution in [0.25, 0.3) is 0 Å². The van der Waals surface area contributed by atoms with Crippen LogP contribution in [0.4, 0.5) is 5.69 Å². The van der Waals surface area contributed by atoms with Gasteiger partial charge in [0.1, 0.15) is 5.75 Å². The van der Waals surface area contributed by atoms with Gasteiger partial charge in [0.05, 0.1) is 36.0 Å². The molecule has 0 bridgehead atoms. The van der Waals surface area contributed by atoms with E-state index in [1.165, 1.54) is 7.11 Å². The van der Waals surface area contributed by atoms with Gasteiger partial charge < -0.3 is 14.6 Å². The molecule has 27 heavy (non-hydrogen) atoms. The van der Waals surface area contributed by atoms with Crippen LogP contribution in [0.2, 0.25) is 0 Å². The van der Waals surface area contributed by atoms with Gasteiger partial charge in [-0.1, -0.05) is 12.1 Å². The van der Waals surface area contributed by atoms with E-state index in [0.717, 1.165) is 18.3 Å². The van der Waals surface area contributed by atoms with E-state index < -0.39 is 10.8 Å². The number of methoxy groups -OCH3 is 1. The second kappa shape index (κ2) is 8.65. The number of non-ortho nitro benzene ring substituents is 1. The second-order valence-electron chi connectivity index (χ2n) is 5.70. The summed E-state index contributed by atoms with van der Waals surface area (Å²) in [5, 5.41) is 24.8. The van der Waals surface area contributed by atoms with Gasteiger partial charge in [-0.15, -0.1) is 0 Å². The first-order chi connectivity index (χ1) is 12.8. The molecule has 0 radical (unpaired) electrons. The highest BCUT2D eigenvalue weighted by Crippen LogP contribution is 2.33. The van der Waals surface area contributed by atoms with Gasteiger partial charge in [0.2, 0.25) is 0 Å². The van der Waals surface area contributed by atoms with E-state index in [9.17, 15) is 20.0 Å². The molecule has 0 spiro atoms. The highest BCUT2D eigenvalue weighted by molar-refractivity contribution is 5.97. The first-order valence-electron chi connectivity index (χ1n) is 7.98. The Hall–Kier alpha value is -3.62. The molecule has 0 atom stereocenters. The molecule has 0 aliphatic heterocycles. The fraction of sp³-hybridized carbons (Fsp3) is 0.222. The van der Waals surface area contributed by atoms with Crippen molar-refractivity contribution in [2.75, 3.05) is 7.11 Å². The lowest BCUT2D eigenvalue weighted by Crippen LogP contribution is -2.19. The highest BCUT2D eigenvalue weighted by Gasteiger charge is 2.16. The standard InChI is InChI=1S/C18H19N3O6/c1-11(2)27-15-7-5-4-6-14(15)18(23)20-19-10-12-8-13(21(24)25)9-16(26-3)17(12)22/h4-11,22H,1-3H3,(H,20,23)/b19-10-. The third-order valence-electron chi connectivity index (χ3n) is 3.38. The van der Waals surface area contributed by atoms with E-state index in [4.69, 9.17) is 9.47 Å². The molecular formula is C18H19N3O6. The van der Waals surface area contributed by atoms with Crippen LogP contribution in [0, 0.1) is 10.1 Å². The first kappa shape index (κ1) is 19.7. The third kappa shape index (κ3) is 4.94. The minimum absolute atomic E-state index is 0.0214. The lowest BCUT2D eigenvalue weighted by Gasteiger charge is -2.12. The van der Waals surface area contributed by atoms with Crippen molar-refractivity contribution >= 4 is 17.8 Å². The number of carbonyl (C=O) groups is 1. The smallest absolute Gasteiger partial charge is 0.275 e. The van der Waals surface area contributed by atoms with Crippen molar-refractivity contribution in [2.24, 2.45) is 5.10 Å². The predicted molar refractivity (Wildman–Crippen MR) is 98.6 cm³/mol. The van der Waals surface area contributed by atoms with E-state index in [2.05, 4.69) is 10.5 Å². The molecule has 0 saturated carbocycles. The summed E-state index contributed by atoms with van der Waals surface area (Å²) in [5.41, 5.74) is 2.32. The number of nitro benzene ring substituents is 1. The number of phenols is 1. The molecule has 9 heteroatoms. The van der Waals surface area contributed by atoms with Crippen LogP contribution >= 0.6 is 0 Å². The van der Waals surface area contributed by atoms with Crippen LogP contribution in [0.5, 0.6) is 17.2 Å². The Morgan fingerprint density at radius 2 is 2.00 bits per heavy atom. The van der Waals surface area contributed by atoms with Gasteiger partial charge in [0, 0.05) is 11.6 Å². The molecule has 0 fully saturated rings. The van der Waals surface area contributed by atoms with Gasteiger partial charge in [-0.25, -0.2) is 5.43 Å². The Kier molecular flexibility index (Phi) is 6.32. The highest BCUT2D eigenvalue weighted by atomic mass is 16.6. The van der Waals surface area contributed by atoms with Crippen LogP contribution in [0.3, 0.4) is 0 Å². The number of amides is 1. The van der Waals surface area contributed by atoms with Gasteiger partial charge in [-0.3, -0.25) is 14.9 Å². The van der Waals surface area contributed by atoms with Crippen LogP contribution in [0.15, 0.2) is 41.5 Å². The van der Waals surface area contributed by atoms with E-state index >= 15 is 0 Å². The number of phenolic OH excluding ortho intramolecular Hbond substituents is 1. The van der Waals surface area contributed by atoms with Crippen LogP contribution in [0.1, 0.15) is 29.8 Å². The molecule has 2 rings (SSSR count). The van der Waals surface area contributed by atoms with Crippen molar-refractivity contribution in [3.63, 3.8) is 0 Å². The number of nitrogens with zero attached hydrogens (tertiary/aromatic N) is 2. The van der Waals surface area contributed by atoms with Gasteiger partial charge in [0.25, 0.3) is 11.6 Å². The van der Waals surface area contributed by atoms with Crippen LogP contribution in [-0.2, 0) is 0 Å². The van der Waals surface area contributed by atoms with E-state index in [0.29, 0.717) is 5.75 Å². The summed E-state index contributed by atoms with van der Waals surface area (Å²) in [6, 6.07) is 8.87. The minimum atomic E-state index is -0.628. The molecule has 2 N–H and O–H groups in total. The second-order valence-corrected chi connectivity index (χ2v) is 5.70. The lowest BCUT2D eigenvalue weighted by molar-refractivity contribution is -0.385. The number of aromatic hydroxyl groups is 1. The third-order valence-corrected chi connectivity index (χ3v) is 3.38. The summed E-state index contributed by atoms with van der Waals surface area (Å²) in [5.74, 6) is -0.531. The predicted octanol–water partition coefficient (Wildman–Crippen LogP) is 2.86. The number of rotatable bonds is 7. The van der Waals surface area contributed by atoms with E-state index in [-0.39, 0.29) is 34.4 Å². The number of hydrogen-bond acceptors (Lipinski definition) is 7. The molecule has 2 aromatic carbocycles. The van der Waals surface area contributed by atoms with Gasteiger partial charge in [0.15, 0.2) is 11.5 Å². The molecule has 0 heterocycles. The number of hydrogen-bond donors (Lipinski definition) is 2. The summed E-state index contributed by atoms with van der Waals surface area (Å²) in [6.07, 6.45) is 0.978. The summed E-state index contributed by atoms with van der Waals surface area (Å²) in [6.45, 7) is 3.68. The van der Waals surface area contributed by atoms with Crippen molar-refractivity contribution < 1.29 is 24.3 Å². The zero-order valence-electron chi connectivity index (χ0n) is 15.0. The fourth-order valence-corrected chi connectivity index (χ4v) is 2.21. The summed E-state index contributed by atoms with van der Waals surface area (Å²) >= 11 is 0. The first-order valence-corrected chi connectivity index (χ1v) is 7.98. The molecular weight excluding hydrogens is 354 g/mol. The van der Waals surface area contributed by atoms with Crippen molar-refractivity contribution in [1.29, 1.82) is 0 Å². The van der Waals surface area contributed by atoms with Crippen LogP contribution in [-0.4, -0.2) is 35.4 Å². The number of nitrogens with one attached hydrogen (secondary N) is 1. The topological polar surface area (TPSA) is 123 Å². The van der Waals surface area contributed by atoms with Gasteiger partial charge >= 0.3 is 0 Å². The Balaban J connectivity index is 2.22. The molecule has 0 saturated heterocycles. The van der Waals surface area contributed by atoms with Crippen molar-refractivity contribution in [1.82, 2.24) is 5.43 Å². The summed E-state index contributed by atoms with van der Waals surface area (Å²) < 4.78 is 10.5. The minimum Gasteiger partial charge on any atom is -0.504 e. The van der Waals surface area contributed by atoms with Gasteiger partial charge in [-0.2, -0.15) is 5.10 Å². The number of nitro groups is 1. The molecule has 2 aromatic rings. The van der Waals surface area contributed by atoms with Crippen LogP contribution < -0.4 is 14.9 Å². The average molecular weight is 373 g/mol. The number of para-hydroxylation sites is 1. The molecule has 0 aromatic heterocycles. The number of ether oxygens (including phenoxy) is 2. The quantitative estimate of drug-likeness (QED) is 0.437. The molecule has 1 amide bonds. The SMILES string of the molecule is COc1cc([N+](=O)[O-])cc(/C=N\NC(=O)c2ccccc2OC(C)C)c1O.